The molecule has 1 aromatic rings. The van der Waals surface area contributed by atoms with Crippen molar-refractivity contribution in [2.45, 2.75) is 0 Å². The van der Waals surface area contributed by atoms with E-state index in [4.69, 9.17) is 26.0 Å². The molecule has 0 bridgehead atoms. The SMILES string of the molecule is COc1cc(Cl)c(Br)cc1O[B]O. The van der Waals surface area contributed by atoms with Crippen molar-refractivity contribution in [1.29, 1.82) is 0 Å². The van der Waals surface area contributed by atoms with E-state index in [1.165, 1.54) is 7.11 Å². The van der Waals surface area contributed by atoms with Crippen LogP contribution in [0.5, 0.6) is 11.5 Å². The molecule has 1 aromatic carbocycles. The first-order valence-electron chi connectivity index (χ1n) is 3.34. The molecular formula is C7H6BBrClO3. The molecule has 69 valence electrons. The average Bonchev–Trinajstić information content (AvgIpc) is 2.11. The number of ether oxygens (including phenoxy) is 1. The number of hydrogen-bond acceptors (Lipinski definition) is 3. The Labute approximate surface area is 90.0 Å². The Hall–Kier alpha value is -0.385. The molecule has 0 saturated heterocycles. The predicted molar refractivity (Wildman–Crippen MR) is 54.3 cm³/mol. The molecule has 1 N–H and O–H groups in total. The fraction of sp³-hybridized carbons (Fsp3) is 0.143. The van der Waals surface area contributed by atoms with Gasteiger partial charge in [0.05, 0.1) is 12.1 Å². The summed E-state index contributed by atoms with van der Waals surface area (Å²) in [6.45, 7) is 0. The minimum Gasteiger partial charge on any atom is -0.535 e. The fourth-order valence-electron chi connectivity index (χ4n) is 0.819. The number of benzene rings is 1. The number of rotatable bonds is 3. The van der Waals surface area contributed by atoms with Gasteiger partial charge in [-0.25, -0.2) is 0 Å². The van der Waals surface area contributed by atoms with E-state index in [0.717, 1.165) is 0 Å². The normalized spacial score (nSPS) is 9.54. The first kappa shape index (κ1) is 10.7. The maximum absolute atomic E-state index is 8.45. The zero-order valence-corrected chi connectivity index (χ0v) is 9.09. The van der Waals surface area contributed by atoms with E-state index in [0.29, 0.717) is 28.7 Å². The molecule has 0 unspecified atom stereocenters. The van der Waals surface area contributed by atoms with E-state index in [2.05, 4.69) is 15.9 Å². The number of halogens is 2. The molecule has 13 heavy (non-hydrogen) atoms. The lowest BCUT2D eigenvalue weighted by Gasteiger charge is -2.09. The van der Waals surface area contributed by atoms with Crippen LogP contribution in [0.25, 0.3) is 0 Å². The van der Waals surface area contributed by atoms with Crippen LogP contribution in [0.2, 0.25) is 5.02 Å². The third-order valence-corrected chi connectivity index (χ3v) is 2.58. The lowest BCUT2D eigenvalue weighted by atomic mass is 10.3. The number of hydrogen-bond donors (Lipinski definition) is 1. The van der Waals surface area contributed by atoms with Crippen molar-refractivity contribution in [3.8, 4) is 11.5 Å². The molecule has 0 heterocycles. The molecule has 0 atom stereocenters. The summed E-state index contributed by atoms with van der Waals surface area (Å²) in [5.74, 6) is 0.847. The zero-order chi connectivity index (χ0) is 9.84. The summed E-state index contributed by atoms with van der Waals surface area (Å²) in [5, 5.41) is 8.96. The van der Waals surface area contributed by atoms with Crippen LogP contribution in [-0.2, 0) is 0 Å². The van der Waals surface area contributed by atoms with Gasteiger partial charge in [0.15, 0.2) is 5.75 Å². The molecular weight excluding hydrogens is 258 g/mol. The Bertz CT molecular complexity index is 308. The van der Waals surface area contributed by atoms with E-state index in [9.17, 15) is 0 Å². The second-order valence-electron chi connectivity index (χ2n) is 2.14. The Morgan fingerprint density at radius 1 is 1.46 bits per heavy atom. The Kier molecular flexibility index (Phi) is 3.90. The smallest absolute Gasteiger partial charge is 0.535 e. The van der Waals surface area contributed by atoms with Gasteiger partial charge in [-0.3, -0.25) is 0 Å². The summed E-state index contributed by atoms with van der Waals surface area (Å²) in [6, 6.07) is 3.19. The Balaban J connectivity index is 3.09. The lowest BCUT2D eigenvalue weighted by Crippen LogP contribution is -2.01. The van der Waals surface area contributed by atoms with Gasteiger partial charge in [0.1, 0.15) is 5.75 Å². The van der Waals surface area contributed by atoms with Crippen LogP contribution in [0.4, 0.5) is 0 Å². The van der Waals surface area contributed by atoms with Gasteiger partial charge >= 0.3 is 7.69 Å². The zero-order valence-electron chi connectivity index (χ0n) is 6.75. The van der Waals surface area contributed by atoms with Crippen molar-refractivity contribution in [2.75, 3.05) is 7.11 Å². The minimum absolute atomic E-state index is 0.390. The maximum Gasteiger partial charge on any atom is 0.569 e. The topological polar surface area (TPSA) is 38.7 Å². The Morgan fingerprint density at radius 2 is 2.15 bits per heavy atom. The van der Waals surface area contributed by atoms with Crippen molar-refractivity contribution in [1.82, 2.24) is 0 Å². The third kappa shape index (κ3) is 2.53. The second-order valence-corrected chi connectivity index (χ2v) is 3.40. The quantitative estimate of drug-likeness (QED) is 0.849. The predicted octanol–water partition coefficient (Wildman–Crippen LogP) is 2.02. The van der Waals surface area contributed by atoms with Gasteiger partial charge in [-0.2, -0.15) is 0 Å². The molecule has 6 heteroatoms. The molecule has 1 radical (unpaired) electrons. The van der Waals surface area contributed by atoms with Gasteiger partial charge in [-0.05, 0) is 22.0 Å². The average molecular weight is 264 g/mol. The highest BCUT2D eigenvalue weighted by molar-refractivity contribution is 9.10. The van der Waals surface area contributed by atoms with Gasteiger partial charge in [0, 0.05) is 10.5 Å². The molecule has 0 aromatic heterocycles. The minimum atomic E-state index is 0.390. The molecule has 0 aliphatic rings. The lowest BCUT2D eigenvalue weighted by molar-refractivity contribution is 0.381. The highest BCUT2D eigenvalue weighted by atomic mass is 79.9. The first-order chi connectivity index (χ1) is 6.19. The van der Waals surface area contributed by atoms with Gasteiger partial charge in [-0.15, -0.1) is 0 Å². The first-order valence-corrected chi connectivity index (χ1v) is 4.51. The van der Waals surface area contributed by atoms with E-state index in [-0.39, 0.29) is 0 Å². The van der Waals surface area contributed by atoms with Crippen LogP contribution in [0.15, 0.2) is 16.6 Å². The molecule has 0 aliphatic heterocycles. The van der Waals surface area contributed by atoms with Gasteiger partial charge in [-0.1, -0.05) is 11.6 Å². The van der Waals surface area contributed by atoms with Crippen LogP contribution in [0, 0.1) is 0 Å². The molecule has 0 fully saturated rings. The highest BCUT2D eigenvalue weighted by Gasteiger charge is 2.08. The second kappa shape index (κ2) is 4.74. The summed E-state index contributed by atoms with van der Waals surface area (Å²) < 4.78 is 10.4. The maximum atomic E-state index is 8.45. The molecule has 0 amide bonds. The van der Waals surface area contributed by atoms with Crippen LogP contribution in [0.1, 0.15) is 0 Å². The van der Waals surface area contributed by atoms with Crippen LogP contribution in [0.3, 0.4) is 0 Å². The van der Waals surface area contributed by atoms with E-state index >= 15 is 0 Å². The third-order valence-electron chi connectivity index (χ3n) is 1.39. The van der Waals surface area contributed by atoms with Crippen molar-refractivity contribution in [3.63, 3.8) is 0 Å². The van der Waals surface area contributed by atoms with Crippen LogP contribution in [-0.4, -0.2) is 19.8 Å². The molecule has 1 rings (SSSR count). The molecule has 0 saturated carbocycles. The van der Waals surface area contributed by atoms with Crippen LogP contribution < -0.4 is 9.39 Å². The van der Waals surface area contributed by atoms with Crippen molar-refractivity contribution < 1.29 is 14.4 Å². The summed E-state index contributed by atoms with van der Waals surface area (Å²) in [4.78, 5) is 0. The van der Waals surface area contributed by atoms with E-state index in [1.807, 2.05) is 0 Å². The molecule has 0 aliphatic carbocycles. The fourth-order valence-corrected chi connectivity index (χ4v) is 1.29. The standard InChI is InChI=1S/C7H6BBrClO3/c1-12-6-3-5(10)4(9)2-7(6)13-8-11/h2-3,11H,1H3. The Morgan fingerprint density at radius 3 is 2.69 bits per heavy atom. The molecule has 3 nitrogen and oxygen atoms in total. The van der Waals surface area contributed by atoms with Gasteiger partial charge in [0.25, 0.3) is 0 Å². The van der Waals surface area contributed by atoms with Crippen molar-refractivity contribution in [2.24, 2.45) is 0 Å². The number of methoxy groups -OCH3 is 1. The summed E-state index contributed by atoms with van der Waals surface area (Å²) in [5.41, 5.74) is 0. The summed E-state index contributed by atoms with van der Waals surface area (Å²) in [7, 11) is 2.07. The van der Waals surface area contributed by atoms with Gasteiger partial charge < -0.3 is 14.4 Å². The van der Waals surface area contributed by atoms with E-state index < -0.39 is 0 Å². The van der Waals surface area contributed by atoms with Crippen molar-refractivity contribution >= 4 is 35.2 Å². The van der Waals surface area contributed by atoms with Crippen molar-refractivity contribution in [3.05, 3.63) is 21.6 Å². The molecule has 0 spiro atoms. The van der Waals surface area contributed by atoms with Crippen LogP contribution >= 0.6 is 27.5 Å². The largest absolute Gasteiger partial charge is 0.569 e. The highest BCUT2D eigenvalue weighted by Crippen LogP contribution is 2.35. The summed E-state index contributed by atoms with van der Waals surface area (Å²) in [6.07, 6.45) is 0. The summed E-state index contributed by atoms with van der Waals surface area (Å²) >= 11 is 9.03. The van der Waals surface area contributed by atoms with Gasteiger partial charge in [0.2, 0.25) is 0 Å². The monoisotopic (exact) mass is 263 g/mol. The van der Waals surface area contributed by atoms with E-state index in [1.54, 1.807) is 12.1 Å².